The zero-order chi connectivity index (χ0) is 20.1. The van der Waals surface area contributed by atoms with Gasteiger partial charge in [0, 0.05) is 18.1 Å². The predicted molar refractivity (Wildman–Crippen MR) is 91.6 cm³/mol. The average Bonchev–Trinajstić information content (AvgIpc) is 2.62. The third-order valence-corrected chi connectivity index (χ3v) is 5.48. The Labute approximate surface area is 157 Å². The van der Waals surface area contributed by atoms with E-state index < -0.39 is 32.8 Å². The number of sulfonamides is 1. The van der Waals surface area contributed by atoms with E-state index in [0.29, 0.717) is 23.0 Å². The van der Waals surface area contributed by atoms with E-state index in [1.54, 1.807) is 0 Å². The number of rotatable bonds is 7. The molecule has 0 radical (unpaired) electrons. The maximum Gasteiger partial charge on any atom is 0.433 e. The molecule has 0 bridgehead atoms. The number of methoxy groups -OCH3 is 1. The van der Waals surface area contributed by atoms with Gasteiger partial charge in [0.25, 0.3) is 10.0 Å². The highest BCUT2D eigenvalue weighted by Gasteiger charge is 2.32. The molecule has 0 spiro atoms. The van der Waals surface area contributed by atoms with Crippen LogP contribution in [0.25, 0.3) is 0 Å². The number of esters is 1. The van der Waals surface area contributed by atoms with Crippen LogP contribution in [-0.4, -0.2) is 37.2 Å². The van der Waals surface area contributed by atoms with Gasteiger partial charge in [-0.25, -0.2) is 13.4 Å². The molecule has 2 aromatic heterocycles. The van der Waals surface area contributed by atoms with Gasteiger partial charge in [-0.15, -0.1) is 11.8 Å². The van der Waals surface area contributed by atoms with Crippen molar-refractivity contribution in [1.82, 2.24) is 9.97 Å². The van der Waals surface area contributed by atoms with Crippen molar-refractivity contribution >= 4 is 33.4 Å². The smallest absolute Gasteiger partial charge is 0.433 e. The number of hydrogen-bond donors (Lipinski definition) is 1. The van der Waals surface area contributed by atoms with Crippen molar-refractivity contribution in [1.29, 1.82) is 0 Å². The minimum Gasteiger partial charge on any atom is -0.469 e. The number of ether oxygens (including phenoxy) is 1. The van der Waals surface area contributed by atoms with Crippen LogP contribution in [0.1, 0.15) is 12.1 Å². The second-order valence-electron chi connectivity index (χ2n) is 5.01. The predicted octanol–water partition coefficient (Wildman–Crippen LogP) is 2.95. The van der Waals surface area contributed by atoms with E-state index in [-0.39, 0.29) is 12.1 Å². The Morgan fingerprint density at radius 2 is 2.00 bits per heavy atom. The van der Waals surface area contributed by atoms with Gasteiger partial charge in [0.1, 0.15) is 15.6 Å². The Kier molecular flexibility index (Phi) is 6.65. The van der Waals surface area contributed by atoms with Gasteiger partial charge in [-0.3, -0.25) is 14.5 Å². The minimum atomic E-state index is -4.66. The zero-order valence-corrected chi connectivity index (χ0v) is 15.5. The lowest BCUT2D eigenvalue weighted by atomic mass is 10.3. The molecule has 0 saturated heterocycles. The average molecular weight is 421 g/mol. The van der Waals surface area contributed by atoms with Gasteiger partial charge < -0.3 is 4.74 Å². The summed E-state index contributed by atoms with van der Waals surface area (Å²) in [5, 5.41) is 0.310. The molecule has 0 unspecified atom stereocenters. The van der Waals surface area contributed by atoms with Crippen LogP contribution >= 0.6 is 11.8 Å². The highest BCUT2D eigenvalue weighted by atomic mass is 32.2. The monoisotopic (exact) mass is 421 g/mol. The molecule has 0 aliphatic rings. The fraction of sp³-hybridized carbons (Fsp3) is 0.267. The molecule has 0 fully saturated rings. The molecule has 0 atom stereocenters. The van der Waals surface area contributed by atoms with E-state index in [1.165, 1.54) is 25.4 Å². The summed E-state index contributed by atoms with van der Waals surface area (Å²) in [4.78, 5) is 17.9. The van der Waals surface area contributed by atoms with Crippen molar-refractivity contribution in [2.24, 2.45) is 0 Å². The Bertz CT molecular complexity index is 903. The molecule has 0 aliphatic carbocycles. The lowest BCUT2D eigenvalue weighted by Gasteiger charge is -2.12. The summed E-state index contributed by atoms with van der Waals surface area (Å²) in [6, 6.07) is 4.35. The highest BCUT2D eigenvalue weighted by molar-refractivity contribution is 7.99. The number of pyridine rings is 2. The van der Waals surface area contributed by atoms with Crippen molar-refractivity contribution in [3.8, 4) is 0 Å². The number of nitrogens with one attached hydrogen (secondary N) is 1. The quantitative estimate of drug-likeness (QED) is 0.542. The molecular formula is C15H14F3N3O4S2. The van der Waals surface area contributed by atoms with Crippen molar-refractivity contribution in [2.45, 2.75) is 22.5 Å². The summed E-state index contributed by atoms with van der Waals surface area (Å²) < 4.78 is 69.2. The molecule has 2 rings (SSSR count). The molecule has 146 valence electrons. The van der Waals surface area contributed by atoms with Gasteiger partial charge in [-0.05, 0) is 24.3 Å². The number of nitrogens with zero attached hydrogens (tertiary/aromatic N) is 2. The number of aromatic nitrogens is 2. The molecule has 12 heteroatoms. The van der Waals surface area contributed by atoms with Gasteiger partial charge in [-0.2, -0.15) is 13.2 Å². The number of alkyl halides is 3. The summed E-state index contributed by atoms with van der Waals surface area (Å²) in [7, 11) is -2.91. The van der Waals surface area contributed by atoms with E-state index >= 15 is 0 Å². The summed E-state index contributed by atoms with van der Waals surface area (Å²) in [6.45, 7) is 0. The van der Waals surface area contributed by atoms with Crippen molar-refractivity contribution in [2.75, 3.05) is 17.6 Å². The minimum absolute atomic E-state index is 0.104. The Morgan fingerprint density at radius 1 is 1.26 bits per heavy atom. The van der Waals surface area contributed by atoms with Crippen LogP contribution in [0.5, 0.6) is 0 Å². The topological polar surface area (TPSA) is 98.2 Å². The van der Waals surface area contributed by atoms with Crippen LogP contribution < -0.4 is 4.72 Å². The maximum atomic E-state index is 12.5. The number of thioether (sulfide) groups is 1. The Balaban J connectivity index is 2.17. The van der Waals surface area contributed by atoms with Gasteiger partial charge in [0.15, 0.2) is 0 Å². The molecule has 27 heavy (non-hydrogen) atoms. The molecule has 0 aliphatic heterocycles. The second-order valence-corrected chi connectivity index (χ2v) is 7.78. The van der Waals surface area contributed by atoms with Gasteiger partial charge in [0.05, 0.1) is 19.2 Å². The zero-order valence-electron chi connectivity index (χ0n) is 13.9. The second kappa shape index (κ2) is 8.57. The standard InChI is InChI=1S/C15H14F3N3O4S2/c1-25-13(22)6-8-26-14-11(3-2-7-19-14)21-27(23,24)10-4-5-12(20-9-10)15(16,17)18/h2-5,7,9,21H,6,8H2,1H3. The number of carbonyl (C=O) groups is 1. The van der Waals surface area contributed by atoms with Gasteiger partial charge >= 0.3 is 12.1 Å². The molecule has 0 aromatic carbocycles. The van der Waals surface area contributed by atoms with Crippen molar-refractivity contribution in [3.63, 3.8) is 0 Å². The Hall–Kier alpha value is -2.34. The molecule has 2 aromatic rings. The first-order valence-electron chi connectivity index (χ1n) is 7.34. The van der Waals surface area contributed by atoms with Crippen LogP contribution in [0.15, 0.2) is 46.6 Å². The van der Waals surface area contributed by atoms with Gasteiger partial charge in [0.2, 0.25) is 0 Å². The SMILES string of the molecule is COC(=O)CCSc1ncccc1NS(=O)(=O)c1ccc(C(F)(F)F)nc1. The third kappa shape index (κ3) is 5.82. The number of carbonyl (C=O) groups excluding carboxylic acids is 1. The first-order valence-corrected chi connectivity index (χ1v) is 9.81. The normalized spacial score (nSPS) is 11.9. The van der Waals surface area contributed by atoms with E-state index in [1.807, 2.05) is 0 Å². The van der Waals surface area contributed by atoms with E-state index in [9.17, 15) is 26.4 Å². The van der Waals surface area contributed by atoms with Crippen LogP contribution in [0.2, 0.25) is 0 Å². The fourth-order valence-corrected chi connectivity index (χ4v) is 3.77. The largest absolute Gasteiger partial charge is 0.469 e. The van der Waals surface area contributed by atoms with Crippen LogP contribution in [0.4, 0.5) is 18.9 Å². The lowest BCUT2D eigenvalue weighted by Crippen LogP contribution is -2.15. The number of halogens is 3. The van der Waals surface area contributed by atoms with E-state index in [2.05, 4.69) is 19.4 Å². The molecular weight excluding hydrogens is 407 g/mol. The van der Waals surface area contributed by atoms with Crippen molar-refractivity contribution < 1.29 is 31.1 Å². The molecule has 0 saturated carbocycles. The van der Waals surface area contributed by atoms with Crippen LogP contribution in [0.3, 0.4) is 0 Å². The molecule has 7 nitrogen and oxygen atoms in total. The van der Waals surface area contributed by atoms with E-state index in [0.717, 1.165) is 17.8 Å². The van der Waals surface area contributed by atoms with Gasteiger partial charge in [-0.1, -0.05) is 0 Å². The Morgan fingerprint density at radius 3 is 2.59 bits per heavy atom. The highest BCUT2D eigenvalue weighted by Crippen LogP contribution is 2.29. The third-order valence-electron chi connectivity index (χ3n) is 3.13. The van der Waals surface area contributed by atoms with Crippen LogP contribution in [-0.2, 0) is 25.7 Å². The summed E-state index contributed by atoms with van der Waals surface area (Å²) in [5.41, 5.74) is -1.06. The summed E-state index contributed by atoms with van der Waals surface area (Å²) in [6.07, 6.45) is -2.49. The molecule has 0 amide bonds. The van der Waals surface area contributed by atoms with Crippen molar-refractivity contribution in [3.05, 3.63) is 42.4 Å². The maximum absolute atomic E-state index is 12.5. The first kappa shape index (κ1) is 21.0. The molecule has 2 heterocycles. The molecule has 1 N–H and O–H groups in total. The van der Waals surface area contributed by atoms with E-state index in [4.69, 9.17) is 0 Å². The van der Waals surface area contributed by atoms with Crippen LogP contribution in [0, 0.1) is 0 Å². The summed E-state index contributed by atoms with van der Waals surface area (Å²) >= 11 is 1.13. The fourth-order valence-electron chi connectivity index (χ4n) is 1.83. The first-order chi connectivity index (χ1) is 12.6. The lowest BCUT2D eigenvalue weighted by molar-refractivity contribution is -0.141. The number of hydrogen-bond acceptors (Lipinski definition) is 7. The summed E-state index contributed by atoms with van der Waals surface area (Å²) in [5.74, 6) is -0.114. The number of anilines is 1.